The Morgan fingerprint density at radius 3 is 2.27 bits per heavy atom. The van der Waals surface area contributed by atoms with E-state index in [1.54, 1.807) is 0 Å². The van der Waals surface area contributed by atoms with Crippen LogP contribution >= 0.6 is 0 Å². The van der Waals surface area contributed by atoms with Crippen LogP contribution in [0, 0.1) is 11.6 Å². The average Bonchev–Trinajstić information content (AvgIpc) is 2.90. The number of amides is 3. The molecule has 2 N–H and O–H groups in total. The lowest BCUT2D eigenvalue weighted by atomic mass is 9.93. The number of carbonyl (C=O) groups excluding carboxylic acids is 3. The summed E-state index contributed by atoms with van der Waals surface area (Å²) >= 11 is 0. The van der Waals surface area contributed by atoms with E-state index in [-0.39, 0.29) is 34.9 Å². The van der Waals surface area contributed by atoms with Gasteiger partial charge in [-0.25, -0.2) is 18.7 Å². The second-order valence-electron chi connectivity index (χ2n) is 8.81. The van der Waals surface area contributed by atoms with E-state index in [0.29, 0.717) is 38.4 Å². The van der Waals surface area contributed by atoms with Gasteiger partial charge in [-0.2, -0.15) is 0 Å². The monoisotopic (exact) mass is 507 g/mol. The number of carbonyl (C=O) groups is 3. The molecule has 0 spiro atoms. The van der Waals surface area contributed by atoms with Crippen molar-refractivity contribution < 1.29 is 23.2 Å². The summed E-state index contributed by atoms with van der Waals surface area (Å²) < 4.78 is 27.0. The Balaban J connectivity index is 1.36. The SMILES string of the molecule is CC[C@@H](C(=O)N1CCC(NC(=O)c2nccnc2NC(=O)c2cc(F)cc(F)c2)CC1)c1ccccc1. The van der Waals surface area contributed by atoms with E-state index in [9.17, 15) is 23.2 Å². The smallest absolute Gasteiger partial charge is 0.273 e. The van der Waals surface area contributed by atoms with Crippen LogP contribution in [0.5, 0.6) is 0 Å². The molecule has 37 heavy (non-hydrogen) atoms. The highest BCUT2D eigenvalue weighted by molar-refractivity contribution is 6.07. The summed E-state index contributed by atoms with van der Waals surface area (Å²) in [5.74, 6) is -3.44. The van der Waals surface area contributed by atoms with Crippen molar-refractivity contribution in [1.82, 2.24) is 20.2 Å². The summed E-state index contributed by atoms with van der Waals surface area (Å²) in [4.78, 5) is 48.4. The van der Waals surface area contributed by atoms with Crippen molar-refractivity contribution in [3.63, 3.8) is 0 Å². The quantitative estimate of drug-likeness (QED) is 0.505. The summed E-state index contributed by atoms with van der Waals surface area (Å²) in [6.07, 6.45) is 4.42. The maximum Gasteiger partial charge on any atom is 0.273 e. The molecule has 3 amide bonds. The van der Waals surface area contributed by atoms with Gasteiger partial charge in [0.1, 0.15) is 11.6 Å². The molecule has 4 rings (SSSR count). The third-order valence-electron chi connectivity index (χ3n) is 6.32. The fraction of sp³-hybridized carbons (Fsp3) is 0.296. The van der Waals surface area contributed by atoms with Crippen LogP contribution < -0.4 is 10.6 Å². The van der Waals surface area contributed by atoms with Gasteiger partial charge in [0.15, 0.2) is 11.5 Å². The zero-order valence-electron chi connectivity index (χ0n) is 20.3. The molecule has 0 aliphatic carbocycles. The number of hydrogen-bond donors (Lipinski definition) is 2. The molecule has 1 fully saturated rings. The molecular formula is C27H27F2N5O3. The van der Waals surface area contributed by atoms with Gasteiger partial charge >= 0.3 is 0 Å². The molecule has 0 bridgehead atoms. The molecule has 1 saturated heterocycles. The molecular weight excluding hydrogens is 480 g/mol. The maximum atomic E-state index is 13.5. The molecule has 1 atom stereocenters. The van der Waals surface area contributed by atoms with Gasteiger partial charge in [-0.05, 0) is 37.0 Å². The van der Waals surface area contributed by atoms with E-state index in [2.05, 4.69) is 20.6 Å². The second-order valence-corrected chi connectivity index (χ2v) is 8.81. The lowest BCUT2D eigenvalue weighted by Gasteiger charge is -2.34. The number of likely N-dealkylation sites (tertiary alicyclic amines) is 1. The molecule has 2 heterocycles. The molecule has 0 saturated carbocycles. The molecule has 3 aromatic rings. The van der Waals surface area contributed by atoms with Crippen LogP contribution in [0.1, 0.15) is 58.5 Å². The lowest BCUT2D eigenvalue weighted by Crippen LogP contribution is -2.48. The van der Waals surface area contributed by atoms with Crippen molar-refractivity contribution in [2.75, 3.05) is 18.4 Å². The van der Waals surface area contributed by atoms with E-state index in [4.69, 9.17) is 0 Å². The van der Waals surface area contributed by atoms with Gasteiger partial charge in [-0.1, -0.05) is 37.3 Å². The molecule has 0 radical (unpaired) electrons. The zero-order valence-corrected chi connectivity index (χ0v) is 20.3. The summed E-state index contributed by atoms with van der Waals surface area (Å²) in [6.45, 7) is 3.00. The fourth-order valence-corrected chi connectivity index (χ4v) is 4.42. The van der Waals surface area contributed by atoms with E-state index < -0.39 is 23.4 Å². The molecule has 1 aliphatic heterocycles. The predicted octanol–water partition coefficient (Wildman–Crippen LogP) is 3.92. The average molecular weight is 508 g/mol. The van der Waals surface area contributed by atoms with E-state index in [1.807, 2.05) is 42.2 Å². The van der Waals surface area contributed by atoms with Gasteiger partial charge in [-0.15, -0.1) is 0 Å². The highest BCUT2D eigenvalue weighted by Crippen LogP contribution is 2.24. The molecule has 2 aromatic carbocycles. The second kappa shape index (κ2) is 11.7. The summed E-state index contributed by atoms with van der Waals surface area (Å²) in [5.41, 5.74) is 0.609. The Labute approximate surface area is 213 Å². The van der Waals surface area contributed by atoms with Crippen molar-refractivity contribution in [3.8, 4) is 0 Å². The maximum absolute atomic E-state index is 13.5. The molecule has 192 valence electrons. The highest BCUT2D eigenvalue weighted by atomic mass is 19.1. The Morgan fingerprint density at radius 1 is 0.973 bits per heavy atom. The number of benzene rings is 2. The number of hydrogen-bond acceptors (Lipinski definition) is 5. The minimum absolute atomic E-state index is 0.0752. The van der Waals surface area contributed by atoms with Crippen molar-refractivity contribution >= 4 is 23.5 Å². The number of rotatable bonds is 7. The van der Waals surface area contributed by atoms with Crippen LogP contribution in [-0.4, -0.2) is 51.7 Å². The number of nitrogens with zero attached hydrogens (tertiary/aromatic N) is 3. The minimum atomic E-state index is -0.902. The zero-order chi connectivity index (χ0) is 26.4. The lowest BCUT2D eigenvalue weighted by molar-refractivity contribution is -0.134. The number of aromatic nitrogens is 2. The van der Waals surface area contributed by atoms with E-state index in [1.165, 1.54) is 12.4 Å². The van der Waals surface area contributed by atoms with E-state index in [0.717, 1.165) is 17.7 Å². The van der Waals surface area contributed by atoms with Crippen LogP contribution in [0.2, 0.25) is 0 Å². The number of nitrogens with one attached hydrogen (secondary N) is 2. The topological polar surface area (TPSA) is 104 Å². The normalized spacial score (nSPS) is 14.6. The Kier molecular flexibility index (Phi) is 8.17. The Morgan fingerprint density at radius 2 is 1.62 bits per heavy atom. The van der Waals surface area contributed by atoms with Crippen LogP contribution in [0.15, 0.2) is 60.9 Å². The van der Waals surface area contributed by atoms with Crippen molar-refractivity contribution in [1.29, 1.82) is 0 Å². The third kappa shape index (κ3) is 6.32. The number of anilines is 1. The van der Waals surface area contributed by atoms with Gasteiger partial charge in [0.25, 0.3) is 11.8 Å². The van der Waals surface area contributed by atoms with Gasteiger partial charge in [0.2, 0.25) is 5.91 Å². The highest BCUT2D eigenvalue weighted by Gasteiger charge is 2.29. The molecule has 1 aliphatic rings. The van der Waals surface area contributed by atoms with Crippen LogP contribution in [0.3, 0.4) is 0 Å². The van der Waals surface area contributed by atoms with Crippen LogP contribution in [-0.2, 0) is 4.79 Å². The molecule has 0 unspecified atom stereocenters. The van der Waals surface area contributed by atoms with Crippen molar-refractivity contribution in [2.24, 2.45) is 0 Å². The first-order chi connectivity index (χ1) is 17.9. The largest absolute Gasteiger partial charge is 0.348 e. The molecule has 8 nitrogen and oxygen atoms in total. The molecule has 1 aromatic heterocycles. The van der Waals surface area contributed by atoms with Gasteiger partial charge < -0.3 is 15.5 Å². The summed E-state index contributed by atoms with van der Waals surface area (Å²) in [6, 6.07) is 11.9. The van der Waals surface area contributed by atoms with Crippen LogP contribution in [0.25, 0.3) is 0 Å². The summed E-state index contributed by atoms with van der Waals surface area (Å²) in [5, 5.41) is 5.29. The molecule has 10 heteroatoms. The number of halogens is 2. The van der Waals surface area contributed by atoms with Gasteiger partial charge in [-0.3, -0.25) is 14.4 Å². The predicted molar refractivity (Wildman–Crippen MR) is 133 cm³/mol. The fourth-order valence-electron chi connectivity index (χ4n) is 4.42. The van der Waals surface area contributed by atoms with Gasteiger partial charge in [0.05, 0.1) is 5.92 Å². The van der Waals surface area contributed by atoms with E-state index >= 15 is 0 Å². The Bertz CT molecular complexity index is 1260. The van der Waals surface area contributed by atoms with Crippen molar-refractivity contribution in [3.05, 3.63) is 89.4 Å². The Hall–Kier alpha value is -4.21. The van der Waals surface area contributed by atoms with Gasteiger partial charge in [0, 0.05) is 43.2 Å². The first kappa shape index (κ1) is 25.9. The first-order valence-corrected chi connectivity index (χ1v) is 12.1. The summed E-state index contributed by atoms with van der Waals surface area (Å²) in [7, 11) is 0. The number of piperidine rings is 1. The van der Waals surface area contributed by atoms with Crippen LogP contribution in [0.4, 0.5) is 14.6 Å². The minimum Gasteiger partial charge on any atom is -0.348 e. The first-order valence-electron chi connectivity index (χ1n) is 12.1. The third-order valence-corrected chi connectivity index (χ3v) is 6.32. The van der Waals surface area contributed by atoms with Crippen molar-refractivity contribution in [2.45, 2.75) is 38.1 Å². The standard InChI is InChI=1S/C27H27F2N5O3/c1-2-22(17-6-4-3-5-7-17)27(37)34-12-8-21(9-13-34)32-26(36)23-24(31-11-10-30-23)33-25(35)18-14-19(28)16-20(29)15-18/h3-7,10-11,14-16,21-22H,2,8-9,12-13H2,1H3,(H,32,36)(H,31,33,35)/t22-/m1/s1.